The van der Waals surface area contributed by atoms with Gasteiger partial charge in [0.15, 0.2) is 5.75 Å². The van der Waals surface area contributed by atoms with E-state index in [-0.39, 0.29) is 43.5 Å². The molecular formula is C19H22N2O5. The maximum absolute atomic E-state index is 12.4. The SMILES string of the molecule is O=C(CCCOc1ccccc1[N+](=O)[O-])N(CCO)Cc1ccccc1. The van der Waals surface area contributed by atoms with E-state index in [4.69, 9.17) is 4.74 Å². The quantitative estimate of drug-likeness (QED) is 0.400. The van der Waals surface area contributed by atoms with Gasteiger partial charge in [0, 0.05) is 25.6 Å². The summed E-state index contributed by atoms with van der Waals surface area (Å²) in [5.74, 6) is 0.107. The maximum atomic E-state index is 12.4. The highest BCUT2D eigenvalue weighted by atomic mass is 16.6. The van der Waals surface area contributed by atoms with Gasteiger partial charge in [-0.2, -0.15) is 0 Å². The zero-order valence-electron chi connectivity index (χ0n) is 14.4. The van der Waals surface area contributed by atoms with Gasteiger partial charge in [-0.3, -0.25) is 14.9 Å². The van der Waals surface area contributed by atoms with Gasteiger partial charge in [0.05, 0.1) is 18.1 Å². The van der Waals surface area contributed by atoms with E-state index in [0.717, 1.165) is 5.56 Å². The van der Waals surface area contributed by atoms with Gasteiger partial charge < -0.3 is 14.7 Å². The van der Waals surface area contributed by atoms with Crippen LogP contribution in [0.1, 0.15) is 18.4 Å². The van der Waals surface area contributed by atoms with E-state index in [9.17, 15) is 20.0 Å². The molecule has 1 N–H and O–H groups in total. The van der Waals surface area contributed by atoms with Gasteiger partial charge in [0.1, 0.15) is 0 Å². The molecule has 7 heteroatoms. The fraction of sp³-hybridized carbons (Fsp3) is 0.316. The second-order valence-electron chi connectivity index (χ2n) is 5.70. The van der Waals surface area contributed by atoms with Crippen LogP contribution in [-0.4, -0.2) is 40.6 Å². The molecule has 0 fully saturated rings. The smallest absolute Gasteiger partial charge is 0.310 e. The number of hydrogen-bond acceptors (Lipinski definition) is 5. The molecule has 1 amide bonds. The first-order valence-corrected chi connectivity index (χ1v) is 8.40. The summed E-state index contributed by atoms with van der Waals surface area (Å²) in [6.07, 6.45) is 0.676. The van der Waals surface area contributed by atoms with Gasteiger partial charge in [-0.15, -0.1) is 0 Å². The van der Waals surface area contributed by atoms with Crippen LogP contribution >= 0.6 is 0 Å². The molecule has 138 valence electrons. The van der Waals surface area contributed by atoms with E-state index in [0.29, 0.717) is 13.0 Å². The molecular weight excluding hydrogens is 336 g/mol. The molecule has 2 aromatic rings. The number of aliphatic hydroxyl groups excluding tert-OH is 1. The summed E-state index contributed by atoms with van der Waals surface area (Å²) >= 11 is 0. The predicted octanol–water partition coefficient (Wildman–Crippen LogP) is 2.77. The van der Waals surface area contributed by atoms with Gasteiger partial charge in [-0.1, -0.05) is 42.5 Å². The summed E-state index contributed by atoms with van der Waals surface area (Å²) < 4.78 is 5.45. The second kappa shape index (κ2) is 10.1. The molecule has 0 unspecified atom stereocenters. The van der Waals surface area contributed by atoms with Crippen LogP contribution in [0, 0.1) is 10.1 Å². The Morgan fingerprint density at radius 2 is 1.81 bits per heavy atom. The van der Waals surface area contributed by atoms with Crippen LogP contribution in [0.3, 0.4) is 0 Å². The van der Waals surface area contributed by atoms with Crippen LogP contribution in [0.4, 0.5) is 5.69 Å². The van der Waals surface area contributed by atoms with Crippen LogP contribution < -0.4 is 4.74 Å². The number of ether oxygens (including phenoxy) is 1. The van der Waals surface area contributed by atoms with Crippen molar-refractivity contribution in [2.24, 2.45) is 0 Å². The molecule has 7 nitrogen and oxygen atoms in total. The zero-order valence-corrected chi connectivity index (χ0v) is 14.4. The topological polar surface area (TPSA) is 92.9 Å². The lowest BCUT2D eigenvalue weighted by atomic mass is 10.2. The molecule has 2 aromatic carbocycles. The first-order chi connectivity index (χ1) is 12.6. The maximum Gasteiger partial charge on any atom is 0.310 e. The Hall–Kier alpha value is -2.93. The van der Waals surface area contributed by atoms with Crippen molar-refractivity contribution in [3.63, 3.8) is 0 Å². The first kappa shape index (κ1) is 19.4. The highest BCUT2D eigenvalue weighted by molar-refractivity contribution is 5.76. The normalized spacial score (nSPS) is 10.3. The average molecular weight is 358 g/mol. The summed E-state index contributed by atoms with van der Waals surface area (Å²) in [5, 5.41) is 20.1. The molecule has 0 aliphatic heterocycles. The average Bonchev–Trinajstić information content (AvgIpc) is 2.65. The number of nitrogens with zero attached hydrogens (tertiary/aromatic N) is 2. The molecule has 0 aliphatic carbocycles. The van der Waals surface area contributed by atoms with E-state index in [2.05, 4.69) is 0 Å². The zero-order chi connectivity index (χ0) is 18.8. The Labute approximate surface area is 152 Å². The Bertz CT molecular complexity index is 721. The molecule has 0 saturated heterocycles. The minimum Gasteiger partial charge on any atom is -0.487 e. The Kier molecular flexibility index (Phi) is 7.57. The molecule has 0 spiro atoms. The minimum absolute atomic E-state index is 0.0888. The summed E-state index contributed by atoms with van der Waals surface area (Å²) in [5.41, 5.74) is 0.898. The van der Waals surface area contributed by atoms with E-state index < -0.39 is 4.92 Å². The number of hydrogen-bond donors (Lipinski definition) is 1. The predicted molar refractivity (Wildman–Crippen MR) is 96.8 cm³/mol. The number of benzene rings is 2. The van der Waals surface area contributed by atoms with E-state index in [1.165, 1.54) is 12.1 Å². The summed E-state index contributed by atoms with van der Waals surface area (Å²) in [6.45, 7) is 0.796. The van der Waals surface area contributed by atoms with Crippen LogP contribution in [-0.2, 0) is 11.3 Å². The number of nitro benzene ring substituents is 1. The lowest BCUT2D eigenvalue weighted by Crippen LogP contribution is -2.33. The molecule has 26 heavy (non-hydrogen) atoms. The number of para-hydroxylation sites is 2. The highest BCUT2D eigenvalue weighted by Gasteiger charge is 2.15. The Morgan fingerprint density at radius 3 is 2.50 bits per heavy atom. The molecule has 0 bridgehead atoms. The lowest BCUT2D eigenvalue weighted by molar-refractivity contribution is -0.385. The summed E-state index contributed by atoms with van der Waals surface area (Å²) in [6, 6.07) is 15.7. The molecule has 0 aliphatic rings. The largest absolute Gasteiger partial charge is 0.487 e. The van der Waals surface area contributed by atoms with Crippen molar-refractivity contribution in [2.45, 2.75) is 19.4 Å². The van der Waals surface area contributed by atoms with Crippen molar-refractivity contribution < 1.29 is 19.6 Å². The molecule has 2 rings (SSSR count). The number of nitro groups is 1. The van der Waals surface area contributed by atoms with Crippen molar-refractivity contribution in [3.05, 3.63) is 70.3 Å². The van der Waals surface area contributed by atoms with Gasteiger partial charge in [0.2, 0.25) is 5.91 Å². The number of rotatable bonds is 10. The number of carbonyl (C=O) groups excluding carboxylic acids is 1. The third-order valence-corrected chi connectivity index (χ3v) is 3.79. The fourth-order valence-electron chi connectivity index (χ4n) is 2.51. The van der Waals surface area contributed by atoms with Crippen LogP contribution in [0.2, 0.25) is 0 Å². The second-order valence-corrected chi connectivity index (χ2v) is 5.70. The van der Waals surface area contributed by atoms with Crippen molar-refractivity contribution in [1.29, 1.82) is 0 Å². The van der Waals surface area contributed by atoms with Gasteiger partial charge >= 0.3 is 5.69 Å². The number of aliphatic hydroxyl groups is 1. The van der Waals surface area contributed by atoms with E-state index in [1.807, 2.05) is 30.3 Å². The van der Waals surface area contributed by atoms with Crippen LogP contribution in [0.5, 0.6) is 5.75 Å². The summed E-state index contributed by atoms with van der Waals surface area (Å²) in [7, 11) is 0. The van der Waals surface area contributed by atoms with Crippen LogP contribution in [0.15, 0.2) is 54.6 Å². The number of carbonyl (C=O) groups is 1. The molecule has 0 saturated carbocycles. The molecule has 0 radical (unpaired) electrons. The van der Waals surface area contributed by atoms with Crippen LogP contribution in [0.25, 0.3) is 0 Å². The first-order valence-electron chi connectivity index (χ1n) is 8.40. The fourth-order valence-corrected chi connectivity index (χ4v) is 2.51. The van der Waals surface area contributed by atoms with Crippen molar-refractivity contribution in [1.82, 2.24) is 4.90 Å². The van der Waals surface area contributed by atoms with Gasteiger partial charge in [-0.05, 0) is 18.1 Å². The number of amides is 1. The van der Waals surface area contributed by atoms with Crippen molar-refractivity contribution in [2.75, 3.05) is 19.8 Å². The molecule has 0 heterocycles. The third-order valence-electron chi connectivity index (χ3n) is 3.79. The Balaban J connectivity index is 1.83. The van der Waals surface area contributed by atoms with E-state index in [1.54, 1.807) is 17.0 Å². The third kappa shape index (κ3) is 5.86. The standard InChI is InChI=1S/C19H22N2O5/c22-13-12-20(15-16-7-2-1-3-8-16)19(23)11-6-14-26-18-10-5-4-9-17(18)21(24)25/h1-5,7-10,22H,6,11-15H2. The Morgan fingerprint density at radius 1 is 1.12 bits per heavy atom. The van der Waals surface area contributed by atoms with Gasteiger partial charge in [-0.25, -0.2) is 0 Å². The molecule has 0 aromatic heterocycles. The monoisotopic (exact) mass is 358 g/mol. The lowest BCUT2D eigenvalue weighted by Gasteiger charge is -2.22. The molecule has 0 atom stereocenters. The summed E-state index contributed by atoms with van der Waals surface area (Å²) in [4.78, 5) is 24.4. The van der Waals surface area contributed by atoms with E-state index >= 15 is 0 Å². The minimum atomic E-state index is -0.497. The van der Waals surface area contributed by atoms with Gasteiger partial charge in [0.25, 0.3) is 0 Å². The van der Waals surface area contributed by atoms with Crippen molar-refractivity contribution >= 4 is 11.6 Å². The highest BCUT2D eigenvalue weighted by Crippen LogP contribution is 2.25. The van der Waals surface area contributed by atoms with Crippen molar-refractivity contribution in [3.8, 4) is 5.75 Å².